The van der Waals surface area contributed by atoms with Gasteiger partial charge in [-0.15, -0.1) is 0 Å². The summed E-state index contributed by atoms with van der Waals surface area (Å²) in [6.45, 7) is 9.15. The fourth-order valence-corrected chi connectivity index (χ4v) is 2.99. The van der Waals surface area contributed by atoms with Gasteiger partial charge in [-0.2, -0.15) is 9.97 Å². The molecule has 0 unspecified atom stereocenters. The number of aromatic nitrogens is 4. The summed E-state index contributed by atoms with van der Waals surface area (Å²) in [5.41, 5.74) is 1.01. The van der Waals surface area contributed by atoms with Crippen LogP contribution in [0.5, 0.6) is 6.01 Å². The third-order valence-electron chi connectivity index (χ3n) is 4.51. The molecule has 3 heterocycles. The number of morpholine rings is 1. The first-order valence-electron chi connectivity index (χ1n) is 11.2. The Bertz CT molecular complexity index is 962. The number of aromatic amines is 1. The smallest absolute Gasteiger partial charge is 0.391 e. The van der Waals surface area contributed by atoms with Crippen molar-refractivity contribution < 1.29 is 33.3 Å². The number of halogens is 1. The molecule has 0 aliphatic carbocycles. The number of carbonyl (C=O) groups excluding carboxylic acids is 3. The number of H-pyrrole nitrogens is 1. The third kappa shape index (κ3) is 8.10. The summed E-state index contributed by atoms with van der Waals surface area (Å²) in [6, 6.07) is 0.275. The fraction of sp³-hybridized carbons (Fsp3) is 0.619. The molecular formula is C21H30ClN5O7. The Hall–Kier alpha value is -2.99. The molecular weight excluding hydrogens is 470 g/mol. The predicted molar refractivity (Wildman–Crippen MR) is 123 cm³/mol. The van der Waals surface area contributed by atoms with E-state index >= 15 is 0 Å². The molecule has 1 aliphatic rings. The van der Waals surface area contributed by atoms with Crippen molar-refractivity contribution in [3.63, 3.8) is 0 Å². The number of esters is 2. The molecule has 0 bridgehead atoms. The molecule has 2 aromatic heterocycles. The van der Waals surface area contributed by atoms with Crippen molar-refractivity contribution >= 4 is 45.8 Å². The van der Waals surface area contributed by atoms with Crippen LogP contribution in [0, 0.1) is 0 Å². The van der Waals surface area contributed by atoms with Crippen LogP contribution in [-0.2, 0) is 23.8 Å². The molecule has 0 spiro atoms. The Kier molecular flexibility index (Phi) is 11.5. The molecule has 1 aliphatic heterocycles. The number of nitrogens with one attached hydrogen (secondary N) is 1. The summed E-state index contributed by atoms with van der Waals surface area (Å²) >= 11 is 4.69. The van der Waals surface area contributed by atoms with E-state index in [1.165, 1.54) is 0 Å². The number of fused-ring (bicyclic) bond motifs is 1. The highest BCUT2D eigenvalue weighted by Gasteiger charge is 2.22. The second kappa shape index (κ2) is 14.3. The lowest BCUT2D eigenvalue weighted by molar-refractivity contribution is -0.149. The number of ether oxygens (including phenoxy) is 4. The quantitative estimate of drug-likeness (QED) is 0.222. The van der Waals surface area contributed by atoms with E-state index in [1.807, 2.05) is 0 Å². The maximum atomic E-state index is 12.0. The summed E-state index contributed by atoms with van der Waals surface area (Å²) in [6.07, 6.45) is 3.15. The lowest BCUT2D eigenvalue weighted by Gasteiger charge is -2.28. The van der Waals surface area contributed by atoms with Crippen LogP contribution in [-0.4, -0.2) is 83.2 Å². The van der Waals surface area contributed by atoms with Crippen molar-refractivity contribution in [1.29, 1.82) is 0 Å². The highest BCUT2D eigenvalue weighted by molar-refractivity contribution is 6.80. The van der Waals surface area contributed by atoms with Crippen molar-refractivity contribution in [3.8, 4) is 6.01 Å². The molecule has 1 saturated heterocycles. The van der Waals surface area contributed by atoms with E-state index < -0.39 is 17.2 Å². The first kappa shape index (κ1) is 27.3. The van der Waals surface area contributed by atoms with Crippen molar-refractivity contribution in [2.24, 2.45) is 0 Å². The molecule has 0 amide bonds. The van der Waals surface area contributed by atoms with E-state index in [9.17, 15) is 14.4 Å². The zero-order valence-electron chi connectivity index (χ0n) is 19.6. The maximum Gasteiger partial charge on any atom is 0.391 e. The molecule has 1 N–H and O–H groups in total. The number of carbonyl (C=O) groups is 3. The van der Waals surface area contributed by atoms with Gasteiger partial charge in [0.15, 0.2) is 11.5 Å². The second-order valence-corrected chi connectivity index (χ2v) is 7.33. The van der Waals surface area contributed by atoms with Gasteiger partial charge in [-0.25, -0.2) is 14.6 Å². The van der Waals surface area contributed by atoms with E-state index in [0.717, 1.165) is 19.3 Å². The van der Waals surface area contributed by atoms with Gasteiger partial charge in [0.2, 0.25) is 5.82 Å². The Morgan fingerprint density at radius 2 is 1.74 bits per heavy atom. The maximum absolute atomic E-state index is 12.0. The number of hydrogen-bond donors (Lipinski definition) is 1. The van der Waals surface area contributed by atoms with Gasteiger partial charge < -0.3 is 28.8 Å². The van der Waals surface area contributed by atoms with Gasteiger partial charge in [-0.05, 0) is 31.9 Å². The topological polar surface area (TPSA) is 146 Å². The van der Waals surface area contributed by atoms with Crippen molar-refractivity contribution in [1.82, 2.24) is 19.9 Å². The summed E-state index contributed by atoms with van der Waals surface area (Å²) in [5.74, 6) is -0.710. The first-order valence-corrected chi connectivity index (χ1v) is 11.6. The number of unbranched alkanes of at least 4 members (excludes halogenated alkanes) is 2. The van der Waals surface area contributed by atoms with Crippen LogP contribution in [0.25, 0.3) is 11.2 Å². The summed E-state index contributed by atoms with van der Waals surface area (Å²) < 4.78 is 20.3. The molecule has 12 nitrogen and oxygen atoms in total. The number of nitrogens with zero attached hydrogens (tertiary/aromatic N) is 4. The fourth-order valence-electron chi connectivity index (χ4n) is 2.93. The molecule has 2 aromatic rings. The second-order valence-electron chi connectivity index (χ2n) is 6.98. The minimum atomic E-state index is -1.08. The van der Waals surface area contributed by atoms with Crippen LogP contribution >= 0.6 is 11.6 Å². The van der Waals surface area contributed by atoms with Crippen molar-refractivity contribution in [2.75, 3.05) is 51.0 Å². The summed E-state index contributed by atoms with van der Waals surface area (Å²) in [7, 11) is 0. The number of hydrogen-bond acceptors (Lipinski definition) is 11. The van der Waals surface area contributed by atoms with E-state index in [4.69, 9.17) is 25.8 Å². The first-order chi connectivity index (χ1) is 16.4. The zero-order chi connectivity index (χ0) is 24.9. The number of rotatable bonds is 10. The highest BCUT2D eigenvalue weighted by atomic mass is 35.5. The largest absolute Gasteiger partial charge is 0.463 e. The molecule has 1 fully saturated rings. The zero-order valence-corrected chi connectivity index (χ0v) is 20.4. The highest BCUT2D eigenvalue weighted by Crippen LogP contribution is 2.25. The van der Waals surface area contributed by atoms with Crippen LogP contribution in [0.15, 0.2) is 0 Å². The molecule has 3 rings (SSSR count). The van der Waals surface area contributed by atoms with Crippen LogP contribution in [0.3, 0.4) is 0 Å². The average molecular weight is 500 g/mol. The number of anilines is 1. The molecule has 0 saturated carbocycles. The minimum Gasteiger partial charge on any atom is -0.463 e. The van der Waals surface area contributed by atoms with Gasteiger partial charge >= 0.3 is 23.2 Å². The molecule has 188 valence electrons. The van der Waals surface area contributed by atoms with E-state index in [0.29, 0.717) is 49.9 Å². The van der Waals surface area contributed by atoms with Gasteiger partial charge in [-0.1, -0.05) is 19.8 Å². The van der Waals surface area contributed by atoms with Gasteiger partial charge in [0, 0.05) is 13.1 Å². The third-order valence-corrected chi connectivity index (χ3v) is 4.66. The summed E-state index contributed by atoms with van der Waals surface area (Å²) in [4.78, 5) is 50.1. The number of imidazole rings is 1. The molecule has 34 heavy (non-hydrogen) atoms. The van der Waals surface area contributed by atoms with Crippen molar-refractivity contribution in [2.45, 2.75) is 40.0 Å². The molecule has 0 aromatic carbocycles. The van der Waals surface area contributed by atoms with Gasteiger partial charge in [0.05, 0.1) is 33.0 Å². The molecule has 0 radical (unpaired) electrons. The molecule has 0 atom stereocenters. The predicted octanol–water partition coefficient (Wildman–Crippen LogP) is 2.25. The standard InChI is InChI=1S/C17H25N5O4.C4H5ClO3/c1-3-5-6-9-26-17-20-13-12(18-14(19-13)16(23)25-4-2)15(21-17)22-7-10-24-11-8-22;1-2-8-4(7)3(5)6/h3-11H2,1-2H3,(H,18,19,20,21);2H2,1H3. The Labute approximate surface area is 202 Å². The van der Waals surface area contributed by atoms with Crippen LogP contribution in [0.2, 0.25) is 0 Å². The minimum absolute atomic E-state index is 0.119. The Balaban J connectivity index is 0.000000440. The lowest BCUT2D eigenvalue weighted by atomic mass is 10.3. The monoisotopic (exact) mass is 499 g/mol. The average Bonchev–Trinajstić information content (AvgIpc) is 3.27. The normalized spacial score (nSPS) is 13.1. The summed E-state index contributed by atoms with van der Waals surface area (Å²) in [5, 5.41) is -1.08. The van der Waals surface area contributed by atoms with Crippen LogP contribution < -0.4 is 9.64 Å². The SMILES string of the molecule is CCCCCOc1nc(N2CCOCC2)c2[nH]c(C(=O)OCC)nc2n1.CCOC(=O)C(=O)Cl. The van der Waals surface area contributed by atoms with Crippen molar-refractivity contribution in [3.05, 3.63) is 5.82 Å². The van der Waals surface area contributed by atoms with E-state index in [2.05, 4.69) is 36.5 Å². The molecule has 13 heteroatoms. The van der Waals surface area contributed by atoms with Gasteiger partial charge in [0.25, 0.3) is 0 Å². The lowest BCUT2D eigenvalue weighted by Crippen LogP contribution is -2.37. The van der Waals surface area contributed by atoms with Gasteiger partial charge in [0.1, 0.15) is 5.52 Å². The van der Waals surface area contributed by atoms with Crippen LogP contribution in [0.4, 0.5) is 5.82 Å². The Morgan fingerprint density at radius 1 is 1.03 bits per heavy atom. The van der Waals surface area contributed by atoms with E-state index in [1.54, 1.807) is 13.8 Å². The Morgan fingerprint density at radius 3 is 2.32 bits per heavy atom. The van der Waals surface area contributed by atoms with Crippen LogP contribution in [0.1, 0.15) is 50.7 Å². The van der Waals surface area contributed by atoms with E-state index in [-0.39, 0.29) is 25.0 Å². The van der Waals surface area contributed by atoms with Gasteiger partial charge in [-0.3, -0.25) is 4.79 Å².